The lowest BCUT2D eigenvalue weighted by molar-refractivity contribution is 0.476. The third-order valence-electron chi connectivity index (χ3n) is 4.00. The van der Waals surface area contributed by atoms with E-state index in [1.807, 2.05) is 13.1 Å². The fourth-order valence-electron chi connectivity index (χ4n) is 2.52. The van der Waals surface area contributed by atoms with Crippen molar-refractivity contribution in [2.45, 2.75) is 33.7 Å². The minimum atomic E-state index is 0.755. The molecule has 1 aromatic heterocycles. The van der Waals surface area contributed by atoms with Crippen LogP contribution in [-0.4, -0.2) is 36.0 Å². The molecule has 1 heterocycles. The quantitative estimate of drug-likeness (QED) is 0.654. The number of hydrogen-bond donors (Lipinski definition) is 1. The number of nitrogens with zero attached hydrogens (tertiary/aromatic N) is 3. The van der Waals surface area contributed by atoms with Crippen molar-refractivity contribution in [2.24, 2.45) is 4.99 Å². The summed E-state index contributed by atoms with van der Waals surface area (Å²) in [5.41, 5.74) is 4.91. The summed E-state index contributed by atoms with van der Waals surface area (Å²) in [5, 5.41) is 3.38. The van der Waals surface area contributed by atoms with E-state index in [9.17, 15) is 0 Å². The maximum absolute atomic E-state index is 4.76. The van der Waals surface area contributed by atoms with Gasteiger partial charge in [0.2, 0.25) is 0 Å². The van der Waals surface area contributed by atoms with Gasteiger partial charge in [0.1, 0.15) is 0 Å². The van der Waals surface area contributed by atoms with E-state index in [1.165, 1.54) is 16.7 Å². The van der Waals surface area contributed by atoms with Crippen molar-refractivity contribution in [1.82, 2.24) is 15.2 Å². The Labute approximate surface area is 145 Å². The van der Waals surface area contributed by atoms with Gasteiger partial charge in [0.15, 0.2) is 5.96 Å². The summed E-state index contributed by atoms with van der Waals surface area (Å²) in [6.07, 6.45) is 2.84. The monoisotopic (exact) mass is 324 g/mol. The molecule has 0 aliphatic carbocycles. The molecule has 0 fully saturated rings. The molecule has 0 spiro atoms. The first-order valence-corrected chi connectivity index (χ1v) is 8.55. The zero-order chi connectivity index (χ0) is 17.4. The Hall–Kier alpha value is -2.36. The molecule has 1 aromatic carbocycles. The first kappa shape index (κ1) is 18.0. The number of nitrogens with one attached hydrogen (secondary N) is 1. The Bertz CT molecular complexity index is 662. The second kappa shape index (κ2) is 9.06. The number of benzene rings is 1. The van der Waals surface area contributed by atoms with Crippen LogP contribution in [0.25, 0.3) is 0 Å². The minimum Gasteiger partial charge on any atom is -0.357 e. The van der Waals surface area contributed by atoms with Gasteiger partial charge in [-0.25, -0.2) is 0 Å². The topological polar surface area (TPSA) is 40.5 Å². The molecule has 128 valence electrons. The summed E-state index contributed by atoms with van der Waals surface area (Å²) in [4.78, 5) is 11.3. The molecule has 0 atom stereocenters. The van der Waals surface area contributed by atoms with Crippen LogP contribution in [-0.2, 0) is 13.0 Å². The van der Waals surface area contributed by atoms with E-state index >= 15 is 0 Å². The van der Waals surface area contributed by atoms with E-state index < -0.39 is 0 Å². The molecule has 0 aliphatic heterocycles. The van der Waals surface area contributed by atoms with Gasteiger partial charge in [-0.1, -0.05) is 30.3 Å². The number of pyridine rings is 1. The molecule has 0 aliphatic rings. The van der Waals surface area contributed by atoms with Crippen LogP contribution in [0.5, 0.6) is 0 Å². The van der Waals surface area contributed by atoms with Crippen molar-refractivity contribution < 1.29 is 0 Å². The van der Waals surface area contributed by atoms with Crippen molar-refractivity contribution >= 4 is 5.96 Å². The molecule has 2 rings (SSSR count). The molecular weight excluding hydrogens is 296 g/mol. The standard InChI is InChI=1S/C20H28N4/c1-5-21-20(22-13-12-18-11-10-17(3)23-14-18)24(4)15-19-9-7-6-8-16(19)2/h6-11,14H,5,12-13,15H2,1-4H3,(H,21,22). The van der Waals surface area contributed by atoms with Crippen molar-refractivity contribution in [3.63, 3.8) is 0 Å². The van der Waals surface area contributed by atoms with E-state index in [0.29, 0.717) is 0 Å². The minimum absolute atomic E-state index is 0.755. The number of aliphatic imine (C=N–C) groups is 1. The van der Waals surface area contributed by atoms with Gasteiger partial charge < -0.3 is 10.2 Å². The van der Waals surface area contributed by atoms with Crippen molar-refractivity contribution in [1.29, 1.82) is 0 Å². The van der Waals surface area contributed by atoms with Gasteiger partial charge in [-0.15, -0.1) is 0 Å². The largest absolute Gasteiger partial charge is 0.357 e. The summed E-state index contributed by atoms with van der Waals surface area (Å²) >= 11 is 0. The molecule has 0 radical (unpaired) electrons. The van der Waals surface area contributed by atoms with Crippen molar-refractivity contribution in [3.8, 4) is 0 Å². The van der Waals surface area contributed by atoms with E-state index in [2.05, 4.69) is 72.5 Å². The Morgan fingerprint density at radius 1 is 1.17 bits per heavy atom. The molecule has 0 unspecified atom stereocenters. The molecule has 1 N–H and O–H groups in total. The zero-order valence-corrected chi connectivity index (χ0v) is 15.2. The third-order valence-corrected chi connectivity index (χ3v) is 4.00. The summed E-state index contributed by atoms with van der Waals surface area (Å²) < 4.78 is 0. The number of hydrogen-bond acceptors (Lipinski definition) is 2. The molecule has 0 saturated carbocycles. The molecular formula is C20H28N4. The van der Waals surface area contributed by atoms with Gasteiger partial charge in [0.05, 0.1) is 0 Å². The predicted octanol–water partition coefficient (Wildman–Crippen LogP) is 3.34. The van der Waals surface area contributed by atoms with Crippen LogP contribution in [0.1, 0.15) is 29.3 Å². The van der Waals surface area contributed by atoms with Gasteiger partial charge in [0.25, 0.3) is 0 Å². The number of rotatable bonds is 6. The maximum atomic E-state index is 4.76. The Morgan fingerprint density at radius 3 is 2.62 bits per heavy atom. The van der Waals surface area contributed by atoms with Crippen LogP contribution >= 0.6 is 0 Å². The third kappa shape index (κ3) is 5.37. The molecule has 4 nitrogen and oxygen atoms in total. The normalized spacial score (nSPS) is 11.4. The van der Waals surface area contributed by atoms with E-state index in [4.69, 9.17) is 4.99 Å². The van der Waals surface area contributed by atoms with Crippen LogP contribution in [0.4, 0.5) is 0 Å². The SMILES string of the molecule is CCNC(=NCCc1ccc(C)nc1)N(C)Cc1ccccc1C. The number of aromatic nitrogens is 1. The van der Waals surface area contributed by atoms with Crippen LogP contribution < -0.4 is 5.32 Å². The van der Waals surface area contributed by atoms with Crippen LogP contribution in [0.15, 0.2) is 47.6 Å². The zero-order valence-electron chi connectivity index (χ0n) is 15.2. The average molecular weight is 324 g/mol. The lowest BCUT2D eigenvalue weighted by Gasteiger charge is -2.23. The van der Waals surface area contributed by atoms with Gasteiger partial charge in [0, 0.05) is 38.6 Å². The van der Waals surface area contributed by atoms with Gasteiger partial charge in [-0.2, -0.15) is 0 Å². The van der Waals surface area contributed by atoms with E-state index in [1.54, 1.807) is 0 Å². The highest BCUT2D eigenvalue weighted by atomic mass is 15.3. The number of aryl methyl sites for hydroxylation is 2. The predicted molar refractivity (Wildman–Crippen MR) is 101 cm³/mol. The van der Waals surface area contributed by atoms with E-state index in [-0.39, 0.29) is 0 Å². The molecule has 0 saturated heterocycles. The second-order valence-corrected chi connectivity index (χ2v) is 6.08. The highest BCUT2D eigenvalue weighted by molar-refractivity contribution is 5.79. The first-order chi connectivity index (χ1) is 11.6. The lowest BCUT2D eigenvalue weighted by Crippen LogP contribution is -2.38. The summed E-state index contributed by atoms with van der Waals surface area (Å²) in [6.45, 7) is 8.73. The number of guanidine groups is 1. The molecule has 0 bridgehead atoms. The summed E-state index contributed by atoms with van der Waals surface area (Å²) in [7, 11) is 2.08. The Kier molecular flexibility index (Phi) is 6.79. The van der Waals surface area contributed by atoms with Crippen LogP contribution in [0.3, 0.4) is 0 Å². The Balaban J connectivity index is 1.98. The lowest BCUT2D eigenvalue weighted by atomic mass is 10.1. The van der Waals surface area contributed by atoms with Gasteiger partial charge in [-0.3, -0.25) is 9.98 Å². The molecule has 0 amide bonds. The first-order valence-electron chi connectivity index (χ1n) is 8.55. The average Bonchev–Trinajstić information content (AvgIpc) is 2.58. The highest BCUT2D eigenvalue weighted by Crippen LogP contribution is 2.09. The summed E-state index contributed by atoms with van der Waals surface area (Å²) in [5.74, 6) is 0.945. The molecule has 4 heteroatoms. The molecule has 2 aromatic rings. The van der Waals surface area contributed by atoms with Gasteiger partial charge >= 0.3 is 0 Å². The smallest absolute Gasteiger partial charge is 0.193 e. The summed E-state index contributed by atoms with van der Waals surface area (Å²) in [6, 6.07) is 12.7. The highest BCUT2D eigenvalue weighted by Gasteiger charge is 2.07. The second-order valence-electron chi connectivity index (χ2n) is 6.08. The molecule has 24 heavy (non-hydrogen) atoms. The van der Waals surface area contributed by atoms with Gasteiger partial charge in [-0.05, 0) is 49.9 Å². The maximum Gasteiger partial charge on any atom is 0.193 e. The van der Waals surface area contributed by atoms with E-state index in [0.717, 1.165) is 37.7 Å². The fraction of sp³-hybridized carbons (Fsp3) is 0.400. The van der Waals surface area contributed by atoms with Crippen molar-refractivity contribution in [3.05, 3.63) is 65.0 Å². The Morgan fingerprint density at radius 2 is 1.96 bits per heavy atom. The van der Waals surface area contributed by atoms with Crippen LogP contribution in [0.2, 0.25) is 0 Å². The fourth-order valence-corrected chi connectivity index (χ4v) is 2.52. The van der Waals surface area contributed by atoms with Crippen LogP contribution in [0, 0.1) is 13.8 Å². The van der Waals surface area contributed by atoms with Crippen molar-refractivity contribution in [2.75, 3.05) is 20.1 Å².